The van der Waals surface area contributed by atoms with Gasteiger partial charge in [0, 0.05) is 39.5 Å². The van der Waals surface area contributed by atoms with E-state index >= 15 is 0 Å². The molecule has 0 unspecified atom stereocenters. The van der Waals surface area contributed by atoms with Gasteiger partial charge in [0.25, 0.3) is 0 Å². The summed E-state index contributed by atoms with van der Waals surface area (Å²) in [4.78, 5) is 4.69. The third-order valence-electron chi connectivity index (χ3n) is 10.9. The molecule has 8 aromatic rings. The minimum atomic E-state index is -0.0655. The highest BCUT2D eigenvalue weighted by Crippen LogP contribution is 2.50. The van der Waals surface area contributed by atoms with Crippen molar-refractivity contribution in [3.63, 3.8) is 0 Å². The van der Waals surface area contributed by atoms with Gasteiger partial charge in [-0.25, -0.2) is 0 Å². The lowest BCUT2D eigenvalue weighted by molar-refractivity contribution is 0.660. The molecule has 0 saturated heterocycles. The molecule has 54 heavy (non-hydrogen) atoms. The zero-order valence-corrected chi connectivity index (χ0v) is 30.9. The average molecular weight is 695 g/mol. The summed E-state index contributed by atoms with van der Waals surface area (Å²) in [6, 6.07) is 68.1. The minimum Gasteiger partial charge on any atom is -0.310 e. The highest BCUT2D eigenvalue weighted by molar-refractivity contribution is 5.90. The number of anilines is 6. The standard InChI is InChI=1S/C52H42N2/c1-37-17-26-43(27-18-37)54(47-33-34-49-48-15-9-10-16-50(48)52(2,3)51(49)36-47)45-30-23-39(24-31-45)20-19-38-21-28-44(29-22-38)53(42-13-5-4-6-14-42)46-32-25-40-11-7-8-12-41(40)35-46/h4-36H,1-3H3. The average Bonchev–Trinajstić information content (AvgIpc) is 3.45. The second-order valence-corrected chi connectivity index (χ2v) is 14.8. The van der Waals surface area contributed by atoms with Crippen LogP contribution in [0.15, 0.2) is 188 Å². The highest BCUT2D eigenvalue weighted by Gasteiger charge is 2.35. The Kier molecular flexibility index (Phi) is 8.44. The number of benzene rings is 8. The lowest BCUT2D eigenvalue weighted by Gasteiger charge is -2.28. The summed E-state index contributed by atoms with van der Waals surface area (Å²) in [6.45, 7) is 6.83. The molecule has 0 atom stereocenters. The first-order valence-electron chi connectivity index (χ1n) is 18.8. The Labute approximate surface area is 318 Å². The molecule has 0 N–H and O–H groups in total. The van der Waals surface area contributed by atoms with Crippen molar-refractivity contribution in [2.75, 3.05) is 9.80 Å². The van der Waals surface area contributed by atoms with Gasteiger partial charge in [-0.1, -0.05) is 147 Å². The van der Waals surface area contributed by atoms with Crippen LogP contribution in [0, 0.1) is 6.92 Å². The molecule has 0 spiro atoms. The second-order valence-electron chi connectivity index (χ2n) is 14.8. The summed E-state index contributed by atoms with van der Waals surface area (Å²) in [5, 5.41) is 2.47. The lowest BCUT2D eigenvalue weighted by Crippen LogP contribution is -2.16. The van der Waals surface area contributed by atoms with Crippen LogP contribution in [0.2, 0.25) is 0 Å². The van der Waals surface area contributed by atoms with Crippen molar-refractivity contribution in [2.24, 2.45) is 0 Å². The third kappa shape index (κ3) is 6.16. The number of rotatable bonds is 8. The molecule has 9 rings (SSSR count). The molecule has 260 valence electrons. The van der Waals surface area contributed by atoms with E-state index in [-0.39, 0.29) is 5.41 Å². The molecule has 0 fully saturated rings. The first-order valence-corrected chi connectivity index (χ1v) is 18.8. The molecule has 0 saturated carbocycles. The van der Waals surface area contributed by atoms with Crippen LogP contribution >= 0.6 is 0 Å². The molecule has 0 amide bonds. The molecule has 0 aliphatic heterocycles. The minimum absolute atomic E-state index is 0.0655. The predicted molar refractivity (Wildman–Crippen MR) is 231 cm³/mol. The van der Waals surface area contributed by atoms with Gasteiger partial charge in [-0.15, -0.1) is 0 Å². The zero-order chi connectivity index (χ0) is 36.6. The number of hydrogen-bond donors (Lipinski definition) is 0. The Morgan fingerprint density at radius 1 is 0.370 bits per heavy atom. The van der Waals surface area contributed by atoms with Crippen molar-refractivity contribution in [1.82, 2.24) is 0 Å². The molecule has 0 radical (unpaired) electrons. The van der Waals surface area contributed by atoms with E-state index < -0.39 is 0 Å². The molecular weight excluding hydrogens is 653 g/mol. The van der Waals surface area contributed by atoms with E-state index in [0.29, 0.717) is 0 Å². The van der Waals surface area contributed by atoms with Gasteiger partial charge in [-0.3, -0.25) is 0 Å². The van der Waals surface area contributed by atoms with Crippen molar-refractivity contribution in [3.8, 4) is 11.1 Å². The quantitative estimate of drug-likeness (QED) is 0.146. The summed E-state index contributed by atoms with van der Waals surface area (Å²) in [6.07, 6.45) is 4.39. The fraction of sp³-hybridized carbons (Fsp3) is 0.0769. The maximum atomic E-state index is 2.39. The maximum Gasteiger partial charge on any atom is 0.0468 e. The lowest BCUT2D eigenvalue weighted by atomic mass is 9.82. The number of aryl methyl sites for hydroxylation is 1. The van der Waals surface area contributed by atoms with E-state index in [9.17, 15) is 0 Å². The maximum absolute atomic E-state index is 2.39. The molecule has 2 nitrogen and oxygen atoms in total. The van der Waals surface area contributed by atoms with Crippen molar-refractivity contribution >= 4 is 57.0 Å². The predicted octanol–water partition coefficient (Wildman–Crippen LogP) is 14.6. The van der Waals surface area contributed by atoms with E-state index in [1.165, 1.54) is 38.6 Å². The van der Waals surface area contributed by atoms with Gasteiger partial charge in [-0.2, -0.15) is 0 Å². The molecule has 1 aliphatic rings. The fourth-order valence-electron chi connectivity index (χ4n) is 7.97. The normalized spacial score (nSPS) is 12.8. The van der Waals surface area contributed by atoms with Crippen molar-refractivity contribution < 1.29 is 0 Å². The van der Waals surface area contributed by atoms with Gasteiger partial charge in [0.05, 0.1) is 0 Å². The summed E-state index contributed by atoms with van der Waals surface area (Å²) in [7, 11) is 0. The zero-order valence-electron chi connectivity index (χ0n) is 30.9. The SMILES string of the molecule is Cc1ccc(N(c2ccc(C=Cc3ccc(N(c4ccccc4)c4ccc5ccccc5c4)cc3)cc2)c2ccc3c(c2)C(C)(C)c2ccccc2-3)cc1. The summed E-state index contributed by atoms with van der Waals surface area (Å²) in [5.74, 6) is 0. The summed E-state index contributed by atoms with van der Waals surface area (Å²) < 4.78 is 0. The van der Waals surface area contributed by atoms with Crippen LogP contribution in [0.3, 0.4) is 0 Å². The molecular formula is C52H42N2. The largest absolute Gasteiger partial charge is 0.310 e. The Morgan fingerprint density at radius 3 is 1.48 bits per heavy atom. The van der Waals surface area contributed by atoms with Crippen molar-refractivity contribution in [3.05, 3.63) is 216 Å². The van der Waals surface area contributed by atoms with Crippen LogP contribution in [-0.4, -0.2) is 0 Å². The Balaban J connectivity index is 0.994. The first kappa shape index (κ1) is 33.2. The Morgan fingerprint density at radius 2 is 0.833 bits per heavy atom. The third-order valence-corrected chi connectivity index (χ3v) is 10.9. The van der Waals surface area contributed by atoms with Crippen LogP contribution in [-0.2, 0) is 5.41 Å². The molecule has 2 heteroatoms. The Hall–Kier alpha value is -6.64. The Bertz CT molecular complexity index is 2620. The van der Waals surface area contributed by atoms with Crippen LogP contribution in [0.1, 0.15) is 41.7 Å². The van der Waals surface area contributed by atoms with Gasteiger partial charge in [-0.05, 0) is 124 Å². The van der Waals surface area contributed by atoms with Crippen molar-refractivity contribution in [1.29, 1.82) is 0 Å². The van der Waals surface area contributed by atoms with Crippen LogP contribution in [0.4, 0.5) is 34.1 Å². The molecule has 1 aliphatic carbocycles. The van der Waals surface area contributed by atoms with E-state index in [4.69, 9.17) is 0 Å². The highest BCUT2D eigenvalue weighted by atomic mass is 15.1. The van der Waals surface area contributed by atoms with Gasteiger partial charge in [0.1, 0.15) is 0 Å². The number of hydrogen-bond acceptors (Lipinski definition) is 2. The fourth-order valence-corrected chi connectivity index (χ4v) is 7.97. The summed E-state index contributed by atoms with van der Waals surface area (Å²) in [5.41, 5.74) is 15.7. The van der Waals surface area contributed by atoms with E-state index in [1.807, 2.05) is 0 Å². The second kappa shape index (κ2) is 13.7. The molecule has 0 heterocycles. The molecule has 0 aromatic heterocycles. The number of nitrogens with zero attached hydrogens (tertiary/aromatic N) is 2. The van der Waals surface area contributed by atoms with Gasteiger partial charge >= 0.3 is 0 Å². The van der Waals surface area contributed by atoms with Crippen LogP contribution < -0.4 is 9.80 Å². The van der Waals surface area contributed by atoms with Crippen LogP contribution in [0.25, 0.3) is 34.1 Å². The van der Waals surface area contributed by atoms with E-state index in [0.717, 1.165) is 45.3 Å². The van der Waals surface area contributed by atoms with E-state index in [1.54, 1.807) is 0 Å². The summed E-state index contributed by atoms with van der Waals surface area (Å²) >= 11 is 0. The molecule has 8 aromatic carbocycles. The van der Waals surface area contributed by atoms with Gasteiger partial charge < -0.3 is 9.80 Å². The first-order chi connectivity index (χ1) is 26.4. The smallest absolute Gasteiger partial charge is 0.0468 e. The van der Waals surface area contributed by atoms with Crippen LogP contribution in [0.5, 0.6) is 0 Å². The van der Waals surface area contributed by atoms with Crippen molar-refractivity contribution in [2.45, 2.75) is 26.2 Å². The topological polar surface area (TPSA) is 6.48 Å². The van der Waals surface area contributed by atoms with Gasteiger partial charge in [0.2, 0.25) is 0 Å². The van der Waals surface area contributed by atoms with E-state index in [2.05, 4.69) is 231 Å². The monoisotopic (exact) mass is 694 g/mol. The number of para-hydroxylation sites is 1. The number of fused-ring (bicyclic) bond motifs is 4. The van der Waals surface area contributed by atoms with Gasteiger partial charge in [0.15, 0.2) is 0 Å². The molecule has 0 bridgehead atoms.